The minimum absolute atomic E-state index is 0.272. The summed E-state index contributed by atoms with van der Waals surface area (Å²) in [4.78, 5) is 1.07. The van der Waals surface area contributed by atoms with Crippen LogP contribution in [0.15, 0.2) is 22.7 Å². The third-order valence-electron chi connectivity index (χ3n) is 2.59. The fourth-order valence-electron chi connectivity index (χ4n) is 1.66. The van der Waals surface area contributed by atoms with Gasteiger partial charge in [0, 0.05) is 12.1 Å². The Balaban J connectivity index is 2.16. The summed E-state index contributed by atoms with van der Waals surface area (Å²) in [6, 6.07) is 4.89. The van der Waals surface area contributed by atoms with E-state index >= 15 is 0 Å². The Kier molecular flexibility index (Phi) is 5.01. The van der Waals surface area contributed by atoms with Crippen LogP contribution < -0.4 is 5.32 Å². The van der Waals surface area contributed by atoms with Crippen LogP contribution in [0.25, 0.3) is 11.3 Å². The zero-order chi connectivity index (χ0) is 13.8. The van der Waals surface area contributed by atoms with Crippen molar-refractivity contribution in [3.63, 3.8) is 0 Å². The lowest BCUT2D eigenvalue weighted by atomic mass is 10.1. The Bertz CT molecular complexity index is 557. The first-order valence-corrected chi connectivity index (χ1v) is 7.62. The monoisotopic (exact) mass is 343 g/mol. The summed E-state index contributed by atoms with van der Waals surface area (Å²) in [5, 5.41) is 7.51. The summed E-state index contributed by atoms with van der Waals surface area (Å²) in [5.41, 5.74) is 1.70. The summed E-state index contributed by atoms with van der Waals surface area (Å²) >= 11 is 4.57. The quantitative estimate of drug-likeness (QED) is 0.895. The van der Waals surface area contributed by atoms with Crippen molar-refractivity contribution >= 4 is 27.5 Å². The first kappa shape index (κ1) is 14.6. The average molecular weight is 344 g/mol. The molecular formula is C13H15BrFN3S. The van der Waals surface area contributed by atoms with Gasteiger partial charge in [-0.2, -0.15) is 0 Å². The van der Waals surface area contributed by atoms with Crippen LogP contribution in [0.1, 0.15) is 18.7 Å². The van der Waals surface area contributed by atoms with E-state index in [1.54, 1.807) is 12.1 Å². The number of hydrogen-bond acceptors (Lipinski definition) is 4. The number of benzene rings is 1. The number of hydrogen-bond donors (Lipinski definition) is 1. The minimum atomic E-state index is -0.272. The van der Waals surface area contributed by atoms with Crippen molar-refractivity contribution in [3.8, 4) is 11.3 Å². The third kappa shape index (κ3) is 3.81. The average Bonchev–Trinajstić information content (AvgIpc) is 2.80. The molecule has 6 heteroatoms. The molecule has 0 spiro atoms. The molecule has 0 aliphatic carbocycles. The molecule has 0 aliphatic rings. The number of halogens is 2. The van der Waals surface area contributed by atoms with Crippen molar-refractivity contribution < 1.29 is 4.39 Å². The maximum atomic E-state index is 13.2. The molecule has 0 unspecified atom stereocenters. The van der Waals surface area contributed by atoms with E-state index < -0.39 is 0 Å². The molecule has 2 aromatic rings. The molecule has 0 fully saturated rings. The van der Waals surface area contributed by atoms with Gasteiger partial charge in [0.05, 0.1) is 9.35 Å². The van der Waals surface area contributed by atoms with Gasteiger partial charge in [-0.1, -0.05) is 18.3 Å². The highest BCUT2D eigenvalue weighted by atomic mass is 79.9. The first-order chi connectivity index (χ1) is 9.08. The van der Waals surface area contributed by atoms with Gasteiger partial charge in [0.1, 0.15) is 11.5 Å². The predicted molar refractivity (Wildman–Crippen MR) is 79.5 cm³/mol. The highest BCUT2D eigenvalue weighted by Crippen LogP contribution is 2.27. The zero-order valence-electron chi connectivity index (χ0n) is 10.8. The summed E-state index contributed by atoms with van der Waals surface area (Å²) in [6.07, 6.45) is 0. The fraction of sp³-hybridized carbons (Fsp3) is 0.385. The van der Waals surface area contributed by atoms with Gasteiger partial charge in [-0.05, 0) is 58.1 Å². The molecule has 0 saturated heterocycles. The van der Waals surface area contributed by atoms with Gasteiger partial charge in [-0.15, -0.1) is 5.10 Å². The molecule has 0 aliphatic heterocycles. The van der Waals surface area contributed by atoms with Gasteiger partial charge in [0.2, 0.25) is 0 Å². The maximum absolute atomic E-state index is 13.2. The van der Waals surface area contributed by atoms with Crippen LogP contribution >= 0.6 is 27.5 Å². The molecule has 1 heterocycles. The van der Waals surface area contributed by atoms with Gasteiger partial charge in [-0.25, -0.2) is 4.39 Å². The predicted octanol–water partition coefficient (Wildman–Crippen LogP) is 3.85. The molecule has 1 N–H and O–H groups in total. The van der Waals surface area contributed by atoms with Crippen LogP contribution in [-0.2, 0) is 6.54 Å². The third-order valence-corrected chi connectivity index (χ3v) is 3.92. The lowest BCUT2D eigenvalue weighted by Crippen LogP contribution is -2.18. The Morgan fingerprint density at radius 3 is 2.89 bits per heavy atom. The fourth-order valence-corrected chi connectivity index (χ4v) is 2.67. The van der Waals surface area contributed by atoms with Crippen molar-refractivity contribution in [1.29, 1.82) is 0 Å². The first-order valence-electron chi connectivity index (χ1n) is 6.05. The largest absolute Gasteiger partial charge is 0.311 e. The van der Waals surface area contributed by atoms with Crippen LogP contribution in [0.4, 0.5) is 4.39 Å². The van der Waals surface area contributed by atoms with Gasteiger partial charge in [-0.3, -0.25) is 0 Å². The van der Waals surface area contributed by atoms with Gasteiger partial charge in [0.15, 0.2) is 0 Å². The van der Waals surface area contributed by atoms with E-state index in [2.05, 4.69) is 44.7 Å². The second kappa shape index (κ2) is 6.54. The van der Waals surface area contributed by atoms with Crippen molar-refractivity contribution in [2.75, 3.05) is 6.54 Å². The lowest BCUT2D eigenvalue weighted by molar-refractivity contribution is 0.555. The topological polar surface area (TPSA) is 37.8 Å². The molecule has 1 aromatic carbocycles. The van der Waals surface area contributed by atoms with E-state index in [0.29, 0.717) is 10.4 Å². The summed E-state index contributed by atoms with van der Waals surface area (Å²) in [5.74, 6) is 0.329. The van der Waals surface area contributed by atoms with E-state index in [1.165, 1.54) is 17.6 Å². The second-order valence-electron chi connectivity index (χ2n) is 4.70. The van der Waals surface area contributed by atoms with Crippen molar-refractivity contribution in [3.05, 3.63) is 33.4 Å². The van der Waals surface area contributed by atoms with Gasteiger partial charge in [0.25, 0.3) is 0 Å². The van der Waals surface area contributed by atoms with Crippen molar-refractivity contribution in [2.45, 2.75) is 20.4 Å². The van der Waals surface area contributed by atoms with E-state index in [0.717, 1.165) is 29.2 Å². The van der Waals surface area contributed by atoms with Crippen LogP contribution in [0.5, 0.6) is 0 Å². The molecule has 0 atom stereocenters. The normalized spacial score (nSPS) is 11.2. The lowest BCUT2D eigenvalue weighted by Gasteiger charge is -2.07. The van der Waals surface area contributed by atoms with Gasteiger partial charge < -0.3 is 5.32 Å². The van der Waals surface area contributed by atoms with Crippen molar-refractivity contribution in [1.82, 2.24) is 14.9 Å². The summed E-state index contributed by atoms with van der Waals surface area (Å²) < 4.78 is 17.7. The van der Waals surface area contributed by atoms with Crippen LogP contribution in [-0.4, -0.2) is 16.1 Å². The number of nitrogens with one attached hydrogen (secondary N) is 1. The molecule has 2 rings (SSSR count). The molecule has 3 nitrogen and oxygen atoms in total. The number of rotatable bonds is 5. The van der Waals surface area contributed by atoms with E-state index in [-0.39, 0.29) is 5.82 Å². The molecule has 102 valence electrons. The smallest absolute Gasteiger partial charge is 0.137 e. The number of aromatic nitrogens is 2. The Morgan fingerprint density at radius 1 is 1.42 bits per heavy atom. The zero-order valence-corrected chi connectivity index (χ0v) is 13.2. The summed E-state index contributed by atoms with van der Waals surface area (Å²) in [6.45, 7) is 6.01. The standard InChI is InChI=1S/C13H15BrFN3S/c1-8(2)6-16-7-12-13(17-18-19-12)9-3-4-11(15)10(14)5-9/h3-5,8,16H,6-7H2,1-2H3. The van der Waals surface area contributed by atoms with E-state index in [4.69, 9.17) is 0 Å². The van der Waals surface area contributed by atoms with Crippen molar-refractivity contribution in [2.24, 2.45) is 5.92 Å². The Morgan fingerprint density at radius 2 is 2.21 bits per heavy atom. The molecule has 19 heavy (non-hydrogen) atoms. The highest BCUT2D eigenvalue weighted by Gasteiger charge is 2.12. The molecular weight excluding hydrogens is 329 g/mol. The van der Waals surface area contributed by atoms with Crippen LogP contribution in [0.3, 0.4) is 0 Å². The Labute approximate surface area is 124 Å². The molecule has 0 bridgehead atoms. The molecule has 0 amide bonds. The molecule has 0 saturated carbocycles. The summed E-state index contributed by atoms with van der Waals surface area (Å²) in [7, 11) is 0. The highest BCUT2D eigenvalue weighted by molar-refractivity contribution is 9.10. The number of nitrogens with zero attached hydrogens (tertiary/aromatic N) is 2. The van der Waals surface area contributed by atoms with E-state index in [1.807, 2.05) is 0 Å². The minimum Gasteiger partial charge on any atom is -0.311 e. The second-order valence-corrected chi connectivity index (χ2v) is 6.39. The molecule has 1 aromatic heterocycles. The van der Waals surface area contributed by atoms with Crippen LogP contribution in [0.2, 0.25) is 0 Å². The Hall–Kier alpha value is -0.850. The van der Waals surface area contributed by atoms with E-state index in [9.17, 15) is 4.39 Å². The maximum Gasteiger partial charge on any atom is 0.137 e. The SMILES string of the molecule is CC(C)CNCc1snnc1-c1ccc(F)c(Br)c1. The molecule has 0 radical (unpaired) electrons. The van der Waals surface area contributed by atoms with Crippen LogP contribution in [0, 0.1) is 11.7 Å². The van der Waals surface area contributed by atoms with Gasteiger partial charge >= 0.3 is 0 Å².